The van der Waals surface area contributed by atoms with Crippen molar-refractivity contribution in [3.05, 3.63) is 18.0 Å². The van der Waals surface area contributed by atoms with Gasteiger partial charge in [-0.1, -0.05) is 0 Å². The molecule has 0 aliphatic carbocycles. The molecule has 7 nitrogen and oxygen atoms in total. The highest BCUT2D eigenvalue weighted by atomic mass is 16.5. The summed E-state index contributed by atoms with van der Waals surface area (Å²) in [7, 11) is 1.63. The molecule has 0 aromatic carbocycles. The van der Waals surface area contributed by atoms with Crippen LogP contribution < -0.4 is 0 Å². The summed E-state index contributed by atoms with van der Waals surface area (Å²) in [4.78, 5) is 29.2. The van der Waals surface area contributed by atoms with E-state index in [9.17, 15) is 9.59 Å². The molecule has 0 unspecified atom stereocenters. The quantitative estimate of drug-likeness (QED) is 0.833. The Morgan fingerprint density at radius 2 is 2.00 bits per heavy atom. The summed E-state index contributed by atoms with van der Waals surface area (Å²) < 4.78 is 7.18. The van der Waals surface area contributed by atoms with Crippen LogP contribution in [-0.4, -0.2) is 70.3 Å². The Morgan fingerprint density at radius 1 is 1.29 bits per heavy atom. The van der Waals surface area contributed by atoms with Gasteiger partial charge in [0.15, 0.2) is 0 Å². The average Bonchev–Trinajstić information content (AvgIpc) is 3.33. The Balaban J connectivity index is 1.79. The van der Waals surface area contributed by atoms with E-state index in [-0.39, 0.29) is 24.0 Å². The normalized spacial score (nSPS) is 24.2. The Bertz CT molecular complexity index is 607. The van der Waals surface area contributed by atoms with E-state index in [2.05, 4.69) is 5.10 Å². The number of rotatable bonds is 4. The lowest BCUT2D eigenvalue weighted by molar-refractivity contribution is -0.134. The number of carbonyl (C=O) groups excluding carboxylic acids is 2. The lowest BCUT2D eigenvalue weighted by Gasteiger charge is -2.27. The first kappa shape index (κ1) is 17.0. The SMILES string of the molecule is CO[C@H]1C[C@@H](C(=O)N2CCCC2)N(C(=O)c2ccn(C(C)C)n2)C1. The summed E-state index contributed by atoms with van der Waals surface area (Å²) in [5, 5.41) is 4.36. The minimum atomic E-state index is -0.440. The molecule has 2 amide bonds. The zero-order valence-corrected chi connectivity index (χ0v) is 14.6. The molecule has 0 radical (unpaired) electrons. The molecule has 0 saturated carbocycles. The number of carbonyl (C=O) groups is 2. The Hall–Kier alpha value is -1.89. The van der Waals surface area contributed by atoms with Crippen molar-refractivity contribution in [1.82, 2.24) is 19.6 Å². The van der Waals surface area contributed by atoms with Crippen LogP contribution in [0.15, 0.2) is 12.3 Å². The van der Waals surface area contributed by atoms with Crippen molar-refractivity contribution < 1.29 is 14.3 Å². The van der Waals surface area contributed by atoms with E-state index in [0.717, 1.165) is 25.9 Å². The van der Waals surface area contributed by atoms with Crippen molar-refractivity contribution in [2.45, 2.75) is 51.3 Å². The highest BCUT2D eigenvalue weighted by molar-refractivity contribution is 5.96. The maximum atomic E-state index is 12.9. The fraction of sp³-hybridized carbons (Fsp3) is 0.706. The molecule has 2 aliphatic rings. The number of hydrogen-bond donors (Lipinski definition) is 0. The second-order valence-corrected chi connectivity index (χ2v) is 6.87. The first-order valence-corrected chi connectivity index (χ1v) is 8.69. The van der Waals surface area contributed by atoms with E-state index < -0.39 is 6.04 Å². The van der Waals surface area contributed by atoms with Crippen LogP contribution in [0, 0.1) is 0 Å². The van der Waals surface area contributed by atoms with Crippen LogP contribution in [0.5, 0.6) is 0 Å². The summed E-state index contributed by atoms with van der Waals surface area (Å²) in [5.74, 6) is -0.143. The van der Waals surface area contributed by atoms with Crippen LogP contribution in [0.3, 0.4) is 0 Å². The zero-order valence-electron chi connectivity index (χ0n) is 14.6. The maximum Gasteiger partial charge on any atom is 0.275 e. The Labute approximate surface area is 142 Å². The third kappa shape index (κ3) is 3.17. The van der Waals surface area contributed by atoms with Crippen molar-refractivity contribution in [1.29, 1.82) is 0 Å². The molecule has 1 aromatic heterocycles. The summed E-state index contributed by atoms with van der Waals surface area (Å²) >= 11 is 0. The van der Waals surface area contributed by atoms with Gasteiger partial charge < -0.3 is 14.5 Å². The lowest BCUT2D eigenvalue weighted by Crippen LogP contribution is -2.47. The van der Waals surface area contributed by atoms with Gasteiger partial charge in [0, 0.05) is 45.4 Å². The molecule has 0 bridgehead atoms. The van der Waals surface area contributed by atoms with Crippen molar-refractivity contribution >= 4 is 11.8 Å². The molecule has 2 atom stereocenters. The molecule has 2 fully saturated rings. The maximum absolute atomic E-state index is 12.9. The van der Waals surface area contributed by atoms with Crippen molar-refractivity contribution in [3.63, 3.8) is 0 Å². The van der Waals surface area contributed by atoms with Gasteiger partial charge >= 0.3 is 0 Å². The van der Waals surface area contributed by atoms with Crippen molar-refractivity contribution in [3.8, 4) is 0 Å². The Morgan fingerprint density at radius 3 is 2.58 bits per heavy atom. The van der Waals surface area contributed by atoms with Gasteiger partial charge in [-0.3, -0.25) is 14.3 Å². The molecule has 7 heteroatoms. The van der Waals surface area contributed by atoms with Crippen molar-refractivity contribution in [2.24, 2.45) is 0 Å². The zero-order chi connectivity index (χ0) is 17.3. The minimum Gasteiger partial charge on any atom is -0.380 e. The fourth-order valence-electron chi connectivity index (χ4n) is 3.46. The smallest absolute Gasteiger partial charge is 0.275 e. The van der Waals surface area contributed by atoms with Gasteiger partial charge in [0.1, 0.15) is 11.7 Å². The van der Waals surface area contributed by atoms with Crippen LogP contribution in [0.4, 0.5) is 0 Å². The Kier molecular flexibility index (Phi) is 4.89. The lowest BCUT2D eigenvalue weighted by atomic mass is 10.1. The first-order chi connectivity index (χ1) is 11.5. The largest absolute Gasteiger partial charge is 0.380 e. The second kappa shape index (κ2) is 6.93. The third-order valence-electron chi connectivity index (χ3n) is 4.92. The van der Waals surface area contributed by atoms with Crippen LogP contribution in [0.25, 0.3) is 0 Å². The molecule has 3 rings (SSSR count). The van der Waals surface area contributed by atoms with Crippen LogP contribution in [0.1, 0.15) is 49.6 Å². The van der Waals surface area contributed by atoms with Crippen molar-refractivity contribution in [2.75, 3.05) is 26.7 Å². The minimum absolute atomic E-state index is 0.0451. The molecule has 24 heavy (non-hydrogen) atoms. The van der Waals surface area contributed by atoms with Crippen LogP contribution >= 0.6 is 0 Å². The van der Waals surface area contributed by atoms with Crippen LogP contribution in [-0.2, 0) is 9.53 Å². The second-order valence-electron chi connectivity index (χ2n) is 6.87. The standard InChI is InChI=1S/C17H26N4O3/c1-12(2)21-9-6-14(18-21)16(22)20-11-13(24-3)10-15(20)17(23)19-7-4-5-8-19/h6,9,12-13,15H,4-5,7-8,10-11H2,1-3H3/t13-,15-/m0/s1. The van der Waals surface area contributed by atoms with Gasteiger partial charge in [-0.15, -0.1) is 0 Å². The number of nitrogens with zero attached hydrogens (tertiary/aromatic N) is 4. The van der Waals surface area contributed by atoms with Gasteiger partial charge in [0.05, 0.1) is 6.10 Å². The number of aromatic nitrogens is 2. The number of ether oxygens (including phenoxy) is 1. The third-order valence-corrected chi connectivity index (χ3v) is 4.92. The summed E-state index contributed by atoms with van der Waals surface area (Å²) in [5.41, 5.74) is 0.389. The molecule has 132 valence electrons. The van der Waals surface area contributed by atoms with E-state index in [1.165, 1.54) is 0 Å². The molecule has 0 spiro atoms. The van der Waals surface area contributed by atoms with Gasteiger partial charge in [0.2, 0.25) is 5.91 Å². The van der Waals surface area contributed by atoms with E-state index in [4.69, 9.17) is 4.74 Å². The molecule has 2 saturated heterocycles. The first-order valence-electron chi connectivity index (χ1n) is 8.69. The highest BCUT2D eigenvalue weighted by Crippen LogP contribution is 2.25. The van der Waals surface area contributed by atoms with E-state index in [1.54, 1.807) is 29.0 Å². The number of methoxy groups -OCH3 is 1. The summed E-state index contributed by atoms with van der Waals surface area (Å²) in [6, 6.07) is 1.48. The molecule has 1 aromatic rings. The number of hydrogen-bond acceptors (Lipinski definition) is 4. The van der Waals surface area contributed by atoms with Gasteiger partial charge in [-0.2, -0.15) is 5.10 Å². The average molecular weight is 334 g/mol. The summed E-state index contributed by atoms with van der Waals surface area (Å²) in [6.45, 7) is 6.04. The molecular weight excluding hydrogens is 308 g/mol. The fourth-order valence-corrected chi connectivity index (χ4v) is 3.46. The van der Waals surface area contributed by atoms with E-state index in [1.807, 2.05) is 18.7 Å². The van der Waals surface area contributed by atoms with Gasteiger partial charge in [-0.05, 0) is 32.8 Å². The summed E-state index contributed by atoms with van der Waals surface area (Å²) in [6.07, 6.45) is 4.34. The van der Waals surface area contributed by atoms with Gasteiger partial charge in [-0.25, -0.2) is 0 Å². The van der Waals surface area contributed by atoms with E-state index >= 15 is 0 Å². The molecule has 0 N–H and O–H groups in total. The monoisotopic (exact) mass is 334 g/mol. The predicted molar refractivity (Wildman–Crippen MR) is 88.7 cm³/mol. The molecular formula is C17H26N4O3. The van der Waals surface area contributed by atoms with Crippen LogP contribution in [0.2, 0.25) is 0 Å². The molecule has 2 aliphatic heterocycles. The highest BCUT2D eigenvalue weighted by Gasteiger charge is 2.42. The topological polar surface area (TPSA) is 67.7 Å². The number of amides is 2. The predicted octanol–water partition coefficient (Wildman–Crippen LogP) is 1.32. The van der Waals surface area contributed by atoms with Gasteiger partial charge in [0.25, 0.3) is 5.91 Å². The number of likely N-dealkylation sites (tertiary alicyclic amines) is 2. The van der Waals surface area contributed by atoms with E-state index in [0.29, 0.717) is 18.7 Å². The molecule has 3 heterocycles.